The summed E-state index contributed by atoms with van der Waals surface area (Å²) in [6, 6.07) is -0.0133. The topological polar surface area (TPSA) is 93.3 Å². The second-order valence-corrected chi connectivity index (χ2v) is 4.09. The van der Waals surface area contributed by atoms with Crippen molar-refractivity contribution in [1.29, 1.82) is 0 Å². The first kappa shape index (κ1) is 13.1. The highest BCUT2D eigenvalue weighted by Crippen LogP contribution is 2.20. The van der Waals surface area contributed by atoms with Crippen LogP contribution in [0.1, 0.15) is 6.42 Å². The summed E-state index contributed by atoms with van der Waals surface area (Å²) in [7, 11) is 1.61. The van der Waals surface area contributed by atoms with Gasteiger partial charge >= 0.3 is 0 Å². The number of nitrogens with zero attached hydrogens (tertiary/aromatic N) is 2. The highest BCUT2D eigenvalue weighted by Gasteiger charge is 2.11. The molecular formula is C9H15BrN4O2. The Morgan fingerprint density at radius 3 is 3.06 bits per heavy atom. The van der Waals surface area contributed by atoms with Crippen LogP contribution in [0.2, 0.25) is 0 Å². The lowest BCUT2D eigenvalue weighted by atomic mass is 10.2. The first-order valence-corrected chi connectivity index (χ1v) is 5.61. The number of ether oxygens (including phenoxy) is 1. The van der Waals surface area contributed by atoms with Crippen molar-refractivity contribution in [2.45, 2.75) is 12.5 Å². The molecule has 1 atom stereocenters. The van der Waals surface area contributed by atoms with Gasteiger partial charge in [-0.25, -0.2) is 4.98 Å². The molecule has 0 aliphatic carbocycles. The predicted molar refractivity (Wildman–Crippen MR) is 65.1 cm³/mol. The predicted octanol–water partition coefficient (Wildman–Crippen LogP) is 0.631. The number of halogens is 1. The molecule has 1 aromatic rings. The minimum atomic E-state index is -0.0133. The normalized spacial score (nSPS) is 12.4. The van der Waals surface area contributed by atoms with Gasteiger partial charge in [0.15, 0.2) is 0 Å². The zero-order chi connectivity index (χ0) is 12.0. The molecule has 0 bridgehead atoms. The number of nitrogens with two attached hydrogens (primary N) is 1. The van der Waals surface area contributed by atoms with Gasteiger partial charge in [-0.3, -0.25) is 0 Å². The monoisotopic (exact) mass is 290 g/mol. The molecule has 1 heterocycles. The number of methoxy groups -OCH3 is 1. The van der Waals surface area contributed by atoms with Gasteiger partial charge in [0.25, 0.3) is 0 Å². The van der Waals surface area contributed by atoms with Crippen LogP contribution in [0.4, 0.5) is 11.8 Å². The molecule has 0 amide bonds. The van der Waals surface area contributed by atoms with Gasteiger partial charge in [-0.1, -0.05) is 0 Å². The van der Waals surface area contributed by atoms with Crippen LogP contribution in [0.5, 0.6) is 0 Å². The number of hydrogen-bond acceptors (Lipinski definition) is 6. The average molecular weight is 291 g/mol. The number of hydrogen-bond donors (Lipinski definition) is 3. The lowest BCUT2D eigenvalue weighted by molar-refractivity contribution is 0.170. The number of nitrogens with one attached hydrogen (secondary N) is 1. The molecular weight excluding hydrogens is 276 g/mol. The van der Waals surface area contributed by atoms with Crippen LogP contribution in [0, 0.1) is 0 Å². The van der Waals surface area contributed by atoms with E-state index in [0.29, 0.717) is 18.8 Å². The average Bonchev–Trinajstić information content (AvgIpc) is 2.24. The van der Waals surface area contributed by atoms with E-state index in [0.717, 1.165) is 4.47 Å². The maximum absolute atomic E-state index is 8.90. The van der Waals surface area contributed by atoms with E-state index in [9.17, 15) is 0 Å². The van der Waals surface area contributed by atoms with Crippen molar-refractivity contribution >= 4 is 27.7 Å². The van der Waals surface area contributed by atoms with E-state index in [-0.39, 0.29) is 18.6 Å². The number of nitrogen functional groups attached to an aromatic ring is 1. The highest BCUT2D eigenvalue weighted by atomic mass is 79.9. The summed E-state index contributed by atoms with van der Waals surface area (Å²) in [5.41, 5.74) is 5.49. The van der Waals surface area contributed by atoms with E-state index >= 15 is 0 Å². The summed E-state index contributed by atoms with van der Waals surface area (Å²) in [6.45, 7) is 0.566. The number of aliphatic hydroxyl groups is 1. The Labute approximate surface area is 102 Å². The Kier molecular flexibility index (Phi) is 5.44. The third-order valence-electron chi connectivity index (χ3n) is 1.95. The summed E-state index contributed by atoms with van der Waals surface area (Å²) in [4.78, 5) is 7.89. The maximum atomic E-state index is 8.90. The third kappa shape index (κ3) is 3.92. The van der Waals surface area contributed by atoms with Gasteiger partial charge in [0.1, 0.15) is 5.82 Å². The first-order chi connectivity index (χ1) is 7.67. The standard InChI is InChI=1S/C9H15BrN4O2/c1-16-5-6(2-3-15)13-8-7(10)4-12-9(11)14-8/h4,6,15H,2-3,5H2,1H3,(H3,11,12,13,14). The molecule has 90 valence electrons. The van der Waals surface area contributed by atoms with E-state index < -0.39 is 0 Å². The molecule has 0 radical (unpaired) electrons. The zero-order valence-corrected chi connectivity index (χ0v) is 10.6. The fraction of sp³-hybridized carbons (Fsp3) is 0.556. The molecule has 6 nitrogen and oxygen atoms in total. The van der Waals surface area contributed by atoms with E-state index in [1.54, 1.807) is 13.3 Å². The molecule has 1 rings (SSSR count). The molecule has 0 spiro atoms. The number of aromatic nitrogens is 2. The van der Waals surface area contributed by atoms with Crippen LogP contribution in [-0.2, 0) is 4.74 Å². The summed E-state index contributed by atoms with van der Waals surface area (Å²) < 4.78 is 5.76. The molecule has 0 fully saturated rings. The Morgan fingerprint density at radius 1 is 1.69 bits per heavy atom. The highest BCUT2D eigenvalue weighted by molar-refractivity contribution is 9.10. The molecule has 0 saturated carbocycles. The van der Waals surface area contributed by atoms with E-state index in [1.165, 1.54) is 0 Å². The van der Waals surface area contributed by atoms with Crippen LogP contribution in [-0.4, -0.2) is 41.4 Å². The summed E-state index contributed by atoms with van der Waals surface area (Å²) >= 11 is 3.31. The summed E-state index contributed by atoms with van der Waals surface area (Å²) in [6.07, 6.45) is 2.15. The Bertz CT molecular complexity index is 331. The Morgan fingerprint density at radius 2 is 2.44 bits per heavy atom. The van der Waals surface area contributed by atoms with Crippen LogP contribution in [0.15, 0.2) is 10.7 Å². The Balaban J connectivity index is 2.71. The van der Waals surface area contributed by atoms with Crippen molar-refractivity contribution in [2.75, 3.05) is 31.4 Å². The molecule has 1 unspecified atom stereocenters. The van der Waals surface area contributed by atoms with Crippen LogP contribution < -0.4 is 11.1 Å². The minimum Gasteiger partial charge on any atom is -0.396 e. The molecule has 0 saturated heterocycles. The summed E-state index contributed by atoms with van der Waals surface area (Å²) in [5.74, 6) is 0.800. The van der Waals surface area contributed by atoms with Gasteiger partial charge in [0.2, 0.25) is 5.95 Å². The second-order valence-electron chi connectivity index (χ2n) is 3.23. The molecule has 0 aliphatic heterocycles. The molecule has 16 heavy (non-hydrogen) atoms. The van der Waals surface area contributed by atoms with E-state index in [4.69, 9.17) is 15.6 Å². The molecule has 0 aromatic carbocycles. The molecule has 0 aliphatic rings. The van der Waals surface area contributed by atoms with Crippen molar-refractivity contribution in [3.63, 3.8) is 0 Å². The number of aliphatic hydroxyl groups excluding tert-OH is 1. The van der Waals surface area contributed by atoms with Gasteiger partial charge in [-0.15, -0.1) is 0 Å². The van der Waals surface area contributed by atoms with Gasteiger partial charge in [-0.05, 0) is 22.4 Å². The fourth-order valence-corrected chi connectivity index (χ4v) is 1.54. The first-order valence-electron chi connectivity index (χ1n) is 4.81. The summed E-state index contributed by atoms with van der Waals surface area (Å²) in [5, 5.41) is 12.0. The van der Waals surface area contributed by atoms with Crippen LogP contribution >= 0.6 is 15.9 Å². The van der Waals surface area contributed by atoms with Crippen molar-refractivity contribution in [1.82, 2.24) is 9.97 Å². The second kappa shape index (κ2) is 6.62. The van der Waals surface area contributed by atoms with Gasteiger partial charge < -0.3 is 20.9 Å². The van der Waals surface area contributed by atoms with Gasteiger partial charge in [0.05, 0.1) is 17.1 Å². The van der Waals surface area contributed by atoms with Crippen molar-refractivity contribution < 1.29 is 9.84 Å². The van der Waals surface area contributed by atoms with Crippen LogP contribution in [0.3, 0.4) is 0 Å². The zero-order valence-electron chi connectivity index (χ0n) is 8.98. The SMILES string of the molecule is COCC(CCO)Nc1nc(N)ncc1Br. The smallest absolute Gasteiger partial charge is 0.221 e. The molecule has 4 N–H and O–H groups in total. The number of rotatable bonds is 6. The lowest BCUT2D eigenvalue weighted by Gasteiger charge is -2.18. The largest absolute Gasteiger partial charge is 0.396 e. The van der Waals surface area contributed by atoms with Crippen molar-refractivity contribution in [2.24, 2.45) is 0 Å². The Hall–Kier alpha value is -0.920. The van der Waals surface area contributed by atoms with Crippen molar-refractivity contribution in [3.8, 4) is 0 Å². The van der Waals surface area contributed by atoms with Crippen LogP contribution in [0.25, 0.3) is 0 Å². The lowest BCUT2D eigenvalue weighted by Crippen LogP contribution is -2.27. The minimum absolute atomic E-state index is 0.0133. The molecule has 1 aromatic heterocycles. The van der Waals surface area contributed by atoms with E-state index in [2.05, 4.69) is 31.2 Å². The quantitative estimate of drug-likeness (QED) is 0.712. The van der Waals surface area contributed by atoms with Crippen molar-refractivity contribution in [3.05, 3.63) is 10.7 Å². The van der Waals surface area contributed by atoms with E-state index in [1.807, 2.05) is 0 Å². The fourth-order valence-electron chi connectivity index (χ4n) is 1.23. The molecule has 7 heteroatoms. The number of anilines is 2. The third-order valence-corrected chi connectivity index (χ3v) is 2.53. The van der Waals surface area contributed by atoms with Gasteiger partial charge in [0, 0.05) is 19.9 Å². The maximum Gasteiger partial charge on any atom is 0.221 e. The van der Waals surface area contributed by atoms with Gasteiger partial charge in [-0.2, -0.15) is 4.98 Å².